The summed E-state index contributed by atoms with van der Waals surface area (Å²) in [5.41, 5.74) is 6.94. The van der Waals surface area contributed by atoms with Gasteiger partial charge < -0.3 is 16.0 Å². The number of nitrogens with zero attached hydrogens (tertiary/aromatic N) is 3. The minimum absolute atomic E-state index is 0.523. The molecule has 8 heteroatoms. The van der Waals surface area contributed by atoms with E-state index in [2.05, 4.69) is 25.3 Å². The highest BCUT2D eigenvalue weighted by atomic mass is 32.2. The van der Waals surface area contributed by atoms with Crippen LogP contribution >= 0.6 is 23.1 Å². The van der Waals surface area contributed by atoms with Crippen LogP contribution in [0.4, 0.5) is 0 Å². The van der Waals surface area contributed by atoms with Gasteiger partial charge in [-0.05, 0) is 12.8 Å². The van der Waals surface area contributed by atoms with Crippen molar-refractivity contribution in [3.63, 3.8) is 0 Å². The molecule has 2 heterocycles. The number of aromatic amines is 1. The summed E-state index contributed by atoms with van der Waals surface area (Å²) in [4.78, 5) is 15.6. The molecule has 0 aliphatic carbocycles. The topological polar surface area (TPSA) is 92.0 Å². The predicted octanol–water partition coefficient (Wildman–Crippen LogP) is 1.64. The van der Waals surface area contributed by atoms with Gasteiger partial charge in [0.2, 0.25) is 0 Å². The number of imidazole rings is 1. The fraction of sp³-hybridized carbons (Fsp3) is 0.462. The Labute approximate surface area is 132 Å². The smallest absolute Gasteiger partial charge is 0.188 e. The molecule has 114 valence electrons. The average Bonchev–Trinajstić information content (AvgIpc) is 3.16. The molecule has 0 saturated carbocycles. The second kappa shape index (κ2) is 9.41. The first-order chi connectivity index (χ1) is 10.3. The SMILES string of the molecule is NC(=NCCCc1cnc[nH]1)NCCSCc1nccs1. The standard InChI is InChI=1S/C13H20N6S2/c14-13(17-3-1-2-11-8-15-10-19-11)18-4-6-20-9-12-16-5-7-21-12/h5,7-8,10H,1-4,6,9H2,(H,15,19)(H3,14,17,18). The van der Waals surface area contributed by atoms with E-state index in [-0.39, 0.29) is 0 Å². The molecule has 0 aromatic carbocycles. The molecule has 0 spiro atoms. The molecule has 6 nitrogen and oxygen atoms in total. The molecular formula is C13H20N6S2. The Morgan fingerprint density at radius 1 is 1.52 bits per heavy atom. The first-order valence-electron chi connectivity index (χ1n) is 6.82. The number of hydrogen-bond acceptors (Lipinski definition) is 5. The normalized spacial score (nSPS) is 11.7. The van der Waals surface area contributed by atoms with Crippen molar-refractivity contribution >= 4 is 29.1 Å². The van der Waals surface area contributed by atoms with Crippen LogP contribution in [0.5, 0.6) is 0 Å². The number of H-pyrrole nitrogens is 1. The van der Waals surface area contributed by atoms with Crippen LogP contribution in [-0.4, -0.2) is 39.8 Å². The molecule has 0 radical (unpaired) electrons. The fourth-order valence-corrected chi connectivity index (χ4v) is 3.24. The lowest BCUT2D eigenvalue weighted by atomic mass is 10.2. The predicted molar refractivity (Wildman–Crippen MR) is 89.7 cm³/mol. The monoisotopic (exact) mass is 324 g/mol. The van der Waals surface area contributed by atoms with E-state index in [1.54, 1.807) is 17.7 Å². The Morgan fingerprint density at radius 2 is 2.48 bits per heavy atom. The molecule has 2 rings (SSSR count). The summed E-state index contributed by atoms with van der Waals surface area (Å²) in [5.74, 6) is 2.47. The summed E-state index contributed by atoms with van der Waals surface area (Å²) < 4.78 is 0. The zero-order valence-electron chi connectivity index (χ0n) is 11.8. The van der Waals surface area contributed by atoms with E-state index in [1.165, 1.54) is 5.01 Å². The number of rotatable bonds is 9. The molecule has 21 heavy (non-hydrogen) atoms. The molecule has 4 N–H and O–H groups in total. The van der Waals surface area contributed by atoms with Crippen molar-refractivity contribution in [2.45, 2.75) is 18.6 Å². The second-order valence-electron chi connectivity index (χ2n) is 4.35. The minimum atomic E-state index is 0.523. The van der Waals surface area contributed by atoms with Crippen LogP contribution in [0.3, 0.4) is 0 Å². The van der Waals surface area contributed by atoms with Gasteiger partial charge in [0.05, 0.1) is 6.33 Å². The Balaban J connectivity index is 1.48. The molecule has 0 amide bonds. The first-order valence-corrected chi connectivity index (χ1v) is 8.85. The van der Waals surface area contributed by atoms with Crippen LogP contribution in [0, 0.1) is 0 Å². The zero-order valence-corrected chi connectivity index (χ0v) is 13.4. The van der Waals surface area contributed by atoms with Gasteiger partial charge in [-0.3, -0.25) is 4.99 Å². The first kappa shape index (κ1) is 15.8. The summed E-state index contributed by atoms with van der Waals surface area (Å²) in [6.45, 7) is 1.55. The minimum Gasteiger partial charge on any atom is -0.370 e. The van der Waals surface area contributed by atoms with Crippen molar-refractivity contribution in [2.24, 2.45) is 10.7 Å². The number of hydrogen-bond donors (Lipinski definition) is 3. The maximum atomic E-state index is 5.81. The van der Waals surface area contributed by atoms with Crippen molar-refractivity contribution in [1.29, 1.82) is 0 Å². The van der Waals surface area contributed by atoms with E-state index < -0.39 is 0 Å². The highest BCUT2D eigenvalue weighted by molar-refractivity contribution is 7.98. The number of aryl methyl sites for hydroxylation is 1. The van der Waals surface area contributed by atoms with E-state index >= 15 is 0 Å². The van der Waals surface area contributed by atoms with Gasteiger partial charge in [-0.15, -0.1) is 11.3 Å². The maximum absolute atomic E-state index is 5.81. The number of aliphatic imine (C=N–C) groups is 1. The van der Waals surface area contributed by atoms with Gasteiger partial charge in [-0.25, -0.2) is 9.97 Å². The van der Waals surface area contributed by atoms with E-state index in [4.69, 9.17) is 5.73 Å². The lowest BCUT2D eigenvalue weighted by Crippen LogP contribution is -2.33. The maximum Gasteiger partial charge on any atom is 0.188 e. The zero-order chi connectivity index (χ0) is 14.8. The van der Waals surface area contributed by atoms with Crippen molar-refractivity contribution in [1.82, 2.24) is 20.3 Å². The summed E-state index contributed by atoms with van der Waals surface area (Å²) in [6, 6.07) is 0. The van der Waals surface area contributed by atoms with Gasteiger partial charge in [-0.2, -0.15) is 11.8 Å². The molecule has 0 bridgehead atoms. The number of guanidine groups is 1. The van der Waals surface area contributed by atoms with Crippen LogP contribution in [0.1, 0.15) is 17.1 Å². The Kier molecular flexibility index (Phi) is 7.10. The number of nitrogens with two attached hydrogens (primary N) is 1. The van der Waals surface area contributed by atoms with Gasteiger partial charge in [0.25, 0.3) is 0 Å². The van der Waals surface area contributed by atoms with Gasteiger partial charge >= 0.3 is 0 Å². The molecule has 2 aromatic heterocycles. The molecule has 0 aliphatic heterocycles. The number of thiazole rings is 1. The summed E-state index contributed by atoms with van der Waals surface area (Å²) in [5, 5.41) is 6.30. The van der Waals surface area contributed by atoms with Gasteiger partial charge in [0, 0.05) is 48.1 Å². The molecule has 0 atom stereocenters. The Morgan fingerprint density at radius 3 is 3.24 bits per heavy atom. The fourth-order valence-electron chi connectivity index (χ4n) is 1.68. The summed E-state index contributed by atoms with van der Waals surface area (Å²) >= 11 is 3.54. The van der Waals surface area contributed by atoms with E-state index in [9.17, 15) is 0 Å². The van der Waals surface area contributed by atoms with E-state index in [1.807, 2.05) is 29.5 Å². The number of aromatic nitrogens is 3. The third-order valence-electron chi connectivity index (χ3n) is 2.70. The van der Waals surface area contributed by atoms with E-state index in [0.29, 0.717) is 5.96 Å². The quantitative estimate of drug-likeness (QED) is 0.370. The second-order valence-corrected chi connectivity index (χ2v) is 6.44. The lowest BCUT2D eigenvalue weighted by molar-refractivity contribution is 0.806. The van der Waals surface area contributed by atoms with Crippen molar-refractivity contribution < 1.29 is 0 Å². The Hall–Kier alpha value is -1.54. The third-order valence-corrected chi connectivity index (χ3v) is 4.64. The largest absolute Gasteiger partial charge is 0.370 e. The molecule has 2 aromatic rings. The number of thioether (sulfide) groups is 1. The van der Waals surface area contributed by atoms with Crippen molar-refractivity contribution in [2.75, 3.05) is 18.8 Å². The van der Waals surface area contributed by atoms with Gasteiger partial charge in [0.15, 0.2) is 5.96 Å². The van der Waals surface area contributed by atoms with Crippen molar-refractivity contribution in [3.05, 3.63) is 34.8 Å². The van der Waals surface area contributed by atoms with Gasteiger partial charge in [0.1, 0.15) is 5.01 Å². The van der Waals surface area contributed by atoms with Crippen LogP contribution in [0.2, 0.25) is 0 Å². The van der Waals surface area contributed by atoms with E-state index in [0.717, 1.165) is 43.1 Å². The molecular weight excluding hydrogens is 304 g/mol. The molecule has 0 fully saturated rings. The van der Waals surface area contributed by atoms with Crippen LogP contribution in [0.25, 0.3) is 0 Å². The lowest BCUT2D eigenvalue weighted by Gasteiger charge is -2.05. The van der Waals surface area contributed by atoms with Crippen LogP contribution < -0.4 is 11.1 Å². The Bertz CT molecular complexity index is 509. The van der Waals surface area contributed by atoms with Gasteiger partial charge in [-0.1, -0.05) is 0 Å². The molecule has 0 saturated heterocycles. The summed E-state index contributed by atoms with van der Waals surface area (Å²) in [7, 11) is 0. The summed E-state index contributed by atoms with van der Waals surface area (Å²) in [6.07, 6.45) is 7.28. The van der Waals surface area contributed by atoms with Crippen LogP contribution in [0.15, 0.2) is 29.1 Å². The average molecular weight is 324 g/mol. The molecule has 0 unspecified atom stereocenters. The van der Waals surface area contributed by atoms with Crippen LogP contribution in [-0.2, 0) is 12.2 Å². The highest BCUT2D eigenvalue weighted by Gasteiger charge is 1.97. The third kappa shape index (κ3) is 6.63. The number of nitrogens with one attached hydrogen (secondary N) is 2. The molecule has 0 aliphatic rings. The van der Waals surface area contributed by atoms with Crippen molar-refractivity contribution in [3.8, 4) is 0 Å². The highest BCUT2D eigenvalue weighted by Crippen LogP contribution is 2.13.